The van der Waals surface area contributed by atoms with Crippen molar-refractivity contribution in [3.63, 3.8) is 0 Å². The van der Waals surface area contributed by atoms with E-state index in [0.29, 0.717) is 17.5 Å². The molecule has 0 saturated carbocycles. The molecule has 0 bridgehead atoms. The van der Waals surface area contributed by atoms with Crippen molar-refractivity contribution in [3.8, 4) is 5.75 Å². The molecule has 1 aliphatic rings. The normalized spacial score (nSPS) is 15.6. The van der Waals surface area contributed by atoms with Crippen molar-refractivity contribution in [2.45, 2.75) is 19.8 Å². The van der Waals surface area contributed by atoms with Gasteiger partial charge in [0.05, 0.1) is 7.11 Å². The minimum atomic E-state index is -0.434. The Kier molecular flexibility index (Phi) is 4.47. The third kappa shape index (κ3) is 3.23. The van der Waals surface area contributed by atoms with E-state index in [-0.39, 0.29) is 0 Å². The predicted octanol–water partition coefficient (Wildman–Crippen LogP) is 4.16. The van der Waals surface area contributed by atoms with Crippen LogP contribution in [0, 0.1) is 0 Å². The molecule has 0 saturated heterocycles. The summed E-state index contributed by atoms with van der Waals surface area (Å²) in [4.78, 5) is 16.4. The summed E-state index contributed by atoms with van der Waals surface area (Å²) in [5.41, 5.74) is 3.07. The number of esters is 1. The Bertz CT molecular complexity index is 820. The Labute approximate surface area is 141 Å². The number of ether oxygens (including phenoxy) is 2. The minimum Gasteiger partial charge on any atom is -0.496 e. The molecule has 3 rings (SSSR count). The van der Waals surface area contributed by atoms with E-state index in [9.17, 15) is 4.79 Å². The van der Waals surface area contributed by atoms with Gasteiger partial charge >= 0.3 is 5.97 Å². The first-order valence-electron chi connectivity index (χ1n) is 7.84. The molecule has 2 aromatic carbocycles. The fourth-order valence-corrected chi connectivity index (χ4v) is 2.57. The number of hydrogen-bond acceptors (Lipinski definition) is 4. The highest BCUT2D eigenvalue weighted by Gasteiger charge is 2.24. The maximum absolute atomic E-state index is 12.1. The first-order chi connectivity index (χ1) is 11.6. The third-order valence-corrected chi connectivity index (χ3v) is 3.82. The predicted molar refractivity (Wildman–Crippen MR) is 94.1 cm³/mol. The smallest absolute Gasteiger partial charge is 0.363 e. The number of nitrogens with zero attached hydrogens (tertiary/aromatic N) is 1. The Morgan fingerprint density at radius 1 is 1.12 bits per heavy atom. The Balaban J connectivity index is 1.95. The molecule has 0 aromatic heterocycles. The molecule has 4 heteroatoms. The van der Waals surface area contributed by atoms with E-state index in [1.807, 2.05) is 48.5 Å². The van der Waals surface area contributed by atoms with E-state index in [4.69, 9.17) is 9.47 Å². The number of methoxy groups -OCH3 is 1. The molecule has 0 unspecified atom stereocenters. The summed E-state index contributed by atoms with van der Waals surface area (Å²) in [5, 5.41) is 0. The van der Waals surface area contributed by atoms with Crippen LogP contribution in [-0.4, -0.2) is 19.0 Å². The van der Waals surface area contributed by atoms with Crippen LogP contribution in [0.4, 0.5) is 0 Å². The van der Waals surface area contributed by atoms with Gasteiger partial charge in [-0.25, -0.2) is 9.79 Å². The van der Waals surface area contributed by atoms with Crippen molar-refractivity contribution < 1.29 is 14.3 Å². The van der Waals surface area contributed by atoms with E-state index in [1.165, 1.54) is 0 Å². The second kappa shape index (κ2) is 6.71. The van der Waals surface area contributed by atoms with Gasteiger partial charge in [-0.05, 0) is 47.4 Å². The third-order valence-electron chi connectivity index (χ3n) is 3.82. The molecule has 0 N–H and O–H groups in total. The van der Waals surface area contributed by atoms with Gasteiger partial charge in [0.2, 0.25) is 5.90 Å². The molecule has 0 amide bonds. The SMILES string of the molecule is COc1ccc(C=C2N=C(c3ccccc3)OC2=O)cc1C(C)C. The monoisotopic (exact) mass is 321 g/mol. The highest BCUT2D eigenvalue weighted by atomic mass is 16.6. The highest BCUT2D eigenvalue weighted by Crippen LogP contribution is 2.28. The van der Waals surface area contributed by atoms with Gasteiger partial charge in [-0.1, -0.05) is 38.1 Å². The molecular formula is C20H19NO3. The van der Waals surface area contributed by atoms with Gasteiger partial charge < -0.3 is 9.47 Å². The summed E-state index contributed by atoms with van der Waals surface area (Å²) >= 11 is 0. The topological polar surface area (TPSA) is 47.9 Å². The summed E-state index contributed by atoms with van der Waals surface area (Å²) in [6.07, 6.45) is 1.74. The molecule has 0 radical (unpaired) electrons. The molecule has 4 nitrogen and oxygen atoms in total. The number of carbonyl (C=O) groups excluding carboxylic acids is 1. The molecule has 0 atom stereocenters. The lowest BCUT2D eigenvalue weighted by Crippen LogP contribution is -2.04. The zero-order valence-corrected chi connectivity index (χ0v) is 13.9. The van der Waals surface area contributed by atoms with E-state index in [0.717, 1.165) is 22.4 Å². The number of aliphatic imine (C=N–C) groups is 1. The maximum Gasteiger partial charge on any atom is 0.363 e. The number of carbonyl (C=O) groups is 1. The molecule has 0 spiro atoms. The fourth-order valence-electron chi connectivity index (χ4n) is 2.57. The van der Waals surface area contributed by atoms with E-state index >= 15 is 0 Å². The van der Waals surface area contributed by atoms with E-state index in [2.05, 4.69) is 18.8 Å². The van der Waals surface area contributed by atoms with Crippen molar-refractivity contribution in [3.05, 3.63) is 70.9 Å². The van der Waals surface area contributed by atoms with Crippen LogP contribution in [0.15, 0.2) is 59.2 Å². The minimum absolute atomic E-state index is 0.300. The van der Waals surface area contributed by atoms with Crippen LogP contribution in [0.5, 0.6) is 5.75 Å². The van der Waals surface area contributed by atoms with Gasteiger partial charge in [0.1, 0.15) is 5.75 Å². The second-order valence-electron chi connectivity index (χ2n) is 5.86. The van der Waals surface area contributed by atoms with Crippen molar-refractivity contribution in [1.29, 1.82) is 0 Å². The Morgan fingerprint density at radius 2 is 1.88 bits per heavy atom. The summed E-state index contributed by atoms with van der Waals surface area (Å²) in [7, 11) is 1.66. The highest BCUT2D eigenvalue weighted by molar-refractivity contribution is 6.12. The van der Waals surface area contributed by atoms with E-state index in [1.54, 1.807) is 13.2 Å². The lowest BCUT2D eigenvalue weighted by molar-refractivity contribution is -0.129. The van der Waals surface area contributed by atoms with Crippen LogP contribution in [0.1, 0.15) is 36.5 Å². The molecule has 1 aliphatic heterocycles. The number of cyclic esters (lactones) is 1. The molecule has 0 aliphatic carbocycles. The number of hydrogen-bond donors (Lipinski definition) is 0. The van der Waals surface area contributed by atoms with Gasteiger partial charge in [-0.15, -0.1) is 0 Å². The van der Waals surface area contributed by atoms with Gasteiger partial charge in [0.25, 0.3) is 0 Å². The van der Waals surface area contributed by atoms with Gasteiger partial charge in [-0.3, -0.25) is 0 Å². The molecule has 2 aromatic rings. The van der Waals surface area contributed by atoms with E-state index < -0.39 is 5.97 Å². The van der Waals surface area contributed by atoms with Crippen LogP contribution in [0.3, 0.4) is 0 Å². The zero-order chi connectivity index (χ0) is 17.1. The Hall–Kier alpha value is -2.88. The average molecular weight is 321 g/mol. The van der Waals surface area contributed by atoms with Crippen molar-refractivity contribution in [2.24, 2.45) is 4.99 Å². The van der Waals surface area contributed by atoms with Crippen molar-refractivity contribution in [2.75, 3.05) is 7.11 Å². The van der Waals surface area contributed by atoms with Gasteiger partial charge in [0, 0.05) is 5.56 Å². The quantitative estimate of drug-likeness (QED) is 0.627. The lowest BCUT2D eigenvalue weighted by atomic mass is 9.99. The van der Waals surface area contributed by atoms with Crippen LogP contribution in [0.25, 0.3) is 6.08 Å². The molecular weight excluding hydrogens is 302 g/mol. The van der Waals surface area contributed by atoms with Gasteiger partial charge in [0.15, 0.2) is 5.70 Å². The maximum atomic E-state index is 12.1. The Morgan fingerprint density at radius 3 is 2.54 bits per heavy atom. The van der Waals surface area contributed by atoms with Crippen LogP contribution >= 0.6 is 0 Å². The van der Waals surface area contributed by atoms with Crippen LogP contribution < -0.4 is 4.74 Å². The summed E-state index contributed by atoms with van der Waals surface area (Å²) in [6, 6.07) is 15.2. The first kappa shape index (κ1) is 16.0. The summed E-state index contributed by atoms with van der Waals surface area (Å²) in [6.45, 7) is 4.20. The number of benzene rings is 2. The van der Waals surface area contributed by atoms with Crippen LogP contribution in [-0.2, 0) is 9.53 Å². The zero-order valence-electron chi connectivity index (χ0n) is 13.9. The molecule has 1 heterocycles. The standard InChI is InChI=1S/C20H19NO3/c1-13(2)16-11-14(9-10-18(16)23-3)12-17-20(22)24-19(21-17)15-7-5-4-6-8-15/h4-13H,1-3H3. The first-order valence-corrected chi connectivity index (χ1v) is 7.84. The van der Waals surface area contributed by atoms with Crippen LogP contribution in [0.2, 0.25) is 0 Å². The fraction of sp³-hybridized carbons (Fsp3) is 0.200. The van der Waals surface area contributed by atoms with Crippen molar-refractivity contribution >= 4 is 17.9 Å². The largest absolute Gasteiger partial charge is 0.496 e. The lowest BCUT2D eigenvalue weighted by Gasteiger charge is -2.12. The molecule has 0 fully saturated rings. The van der Waals surface area contributed by atoms with Crippen molar-refractivity contribution in [1.82, 2.24) is 0 Å². The molecule has 24 heavy (non-hydrogen) atoms. The number of rotatable bonds is 4. The van der Waals surface area contributed by atoms with Gasteiger partial charge in [-0.2, -0.15) is 0 Å². The summed E-state index contributed by atoms with van der Waals surface area (Å²) < 4.78 is 10.7. The summed E-state index contributed by atoms with van der Waals surface area (Å²) in [5.74, 6) is 1.06. The second-order valence-corrected chi connectivity index (χ2v) is 5.86. The average Bonchev–Trinajstić information content (AvgIpc) is 2.96. The molecule has 122 valence electrons.